The highest BCUT2D eigenvalue weighted by atomic mass is 28.2. The molecule has 236 valence electrons. The van der Waals surface area contributed by atoms with E-state index in [1.54, 1.807) is 35.0 Å². The number of rotatable bonds is 12. The van der Waals surface area contributed by atoms with Crippen molar-refractivity contribution >= 4 is 32.4 Å². The lowest BCUT2D eigenvalue weighted by molar-refractivity contribution is -0.00172. The maximum atomic E-state index is 14.4. The highest BCUT2D eigenvalue weighted by Crippen LogP contribution is 2.28. The van der Waals surface area contributed by atoms with Gasteiger partial charge in [0.15, 0.2) is 15.4 Å². The minimum atomic E-state index is -1.24. The molecule has 45 heavy (non-hydrogen) atoms. The number of anilines is 1. The van der Waals surface area contributed by atoms with Gasteiger partial charge in [-0.2, -0.15) is 5.10 Å². The fraction of sp³-hybridized carbons (Fsp3) is 0.343. The number of aromatic nitrogens is 2. The molecule has 2 heterocycles. The number of nitrogens with zero attached hydrogens (tertiary/aromatic N) is 4. The van der Waals surface area contributed by atoms with Crippen molar-refractivity contribution < 1.29 is 19.1 Å². The lowest BCUT2D eigenvalue weighted by Gasteiger charge is -2.34. The Bertz CT molecular complexity index is 1650. The molecule has 3 aromatic carbocycles. The van der Waals surface area contributed by atoms with Gasteiger partial charge in [0.1, 0.15) is 12.0 Å². The lowest BCUT2D eigenvalue weighted by atomic mass is 9.97. The first kappa shape index (κ1) is 32.1. The van der Waals surface area contributed by atoms with E-state index in [1.807, 2.05) is 48.2 Å². The molecule has 5 rings (SSSR count). The van der Waals surface area contributed by atoms with E-state index >= 15 is 0 Å². The topological polar surface area (TPSA) is 90.7 Å². The molecule has 8 nitrogen and oxygen atoms in total. The minimum absolute atomic E-state index is 0.121. The van der Waals surface area contributed by atoms with Crippen LogP contribution in [0, 0.1) is 12.7 Å². The zero-order valence-electron chi connectivity index (χ0n) is 26.3. The van der Waals surface area contributed by atoms with Crippen LogP contribution in [-0.2, 0) is 13.0 Å². The van der Waals surface area contributed by atoms with Gasteiger partial charge < -0.3 is 19.9 Å². The summed E-state index contributed by atoms with van der Waals surface area (Å²) in [7, 11) is -1.24. The van der Waals surface area contributed by atoms with Gasteiger partial charge >= 0.3 is 0 Å². The van der Waals surface area contributed by atoms with Gasteiger partial charge in [-0.25, -0.2) is 9.07 Å². The van der Waals surface area contributed by atoms with E-state index in [4.69, 9.17) is 5.10 Å². The minimum Gasteiger partial charge on any atom is -0.412 e. The monoisotopic (exact) mass is 627 g/mol. The number of nitrogens with one attached hydrogen (secondary N) is 1. The number of benzene rings is 3. The number of amides is 2. The Morgan fingerprint density at radius 3 is 2.40 bits per heavy atom. The largest absolute Gasteiger partial charge is 0.412 e. The van der Waals surface area contributed by atoms with Crippen LogP contribution < -0.4 is 10.2 Å². The predicted molar refractivity (Wildman–Crippen MR) is 178 cm³/mol. The molecule has 10 heteroatoms. The zero-order valence-corrected chi connectivity index (χ0v) is 27.7. The normalized spacial score (nSPS) is 14.5. The number of halogens is 1. The number of aliphatic hydroxyl groups is 1. The molecular formula is C35H42FN5O3Si. The fourth-order valence-electron chi connectivity index (χ4n) is 5.71. The van der Waals surface area contributed by atoms with Gasteiger partial charge in [-0.15, -0.1) is 0 Å². The molecule has 2 N–H and O–H groups in total. The number of unbranched alkanes of at least 4 members (excludes halogenated alkanes) is 2. The van der Waals surface area contributed by atoms with Gasteiger partial charge in [0.05, 0.1) is 11.3 Å². The first-order valence-electron chi connectivity index (χ1n) is 15.8. The third kappa shape index (κ3) is 7.34. The van der Waals surface area contributed by atoms with Crippen molar-refractivity contribution in [1.82, 2.24) is 19.6 Å². The van der Waals surface area contributed by atoms with Crippen molar-refractivity contribution in [2.45, 2.75) is 65.6 Å². The van der Waals surface area contributed by atoms with Crippen LogP contribution in [0.2, 0.25) is 0 Å². The van der Waals surface area contributed by atoms with Crippen LogP contribution in [0.25, 0.3) is 5.69 Å². The van der Waals surface area contributed by atoms with Crippen LogP contribution in [0.5, 0.6) is 0 Å². The van der Waals surface area contributed by atoms with E-state index in [2.05, 4.69) is 18.8 Å². The van der Waals surface area contributed by atoms with Crippen LogP contribution in [0.3, 0.4) is 0 Å². The quantitative estimate of drug-likeness (QED) is 0.222. The third-order valence-electron chi connectivity index (χ3n) is 8.34. The second kappa shape index (κ2) is 14.7. The van der Waals surface area contributed by atoms with Gasteiger partial charge in [0, 0.05) is 37.4 Å². The zero-order chi connectivity index (χ0) is 31.9. The number of aliphatic hydroxyl groups excluding tert-OH is 1. The number of hydrogen-bond donors (Lipinski definition) is 2. The van der Waals surface area contributed by atoms with Gasteiger partial charge in [-0.1, -0.05) is 69.2 Å². The maximum absolute atomic E-state index is 14.4. The summed E-state index contributed by atoms with van der Waals surface area (Å²) in [6.45, 7) is 7.69. The predicted octanol–water partition coefficient (Wildman–Crippen LogP) is 4.70. The summed E-state index contributed by atoms with van der Waals surface area (Å²) in [5.41, 5.74) is 4.57. The highest BCUT2D eigenvalue weighted by molar-refractivity contribution is 6.57. The second-order valence-electron chi connectivity index (χ2n) is 11.6. The van der Waals surface area contributed by atoms with E-state index in [0.29, 0.717) is 53.0 Å². The maximum Gasteiger partial charge on any atom is 0.274 e. The van der Waals surface area contributed by atoms with Crippen LogP contribution in [0.4, 0.5) is 10.1 Å². The Balaban J connectivity index is 1.50. The van der Waals surface area contributed by atoms with E-state index < -0.39 is 15.9 Å². The number of aryl methyl sites for hydroxylation is 1. The summed E-state index contributed by atoms with van der Waals surface area (Å²) in [6.07, 6.45) is 3.15. The molecule has 2 amide bonds. The van der Waals surface area contributed by atoms with Crippen molar-refractivity contribution in [1.29, 1.82) is 0 Å². The van der Waals surface area contributed by atoms with E-state index in [1.165, 1.54) is 11.0 Å². The molecule has 0 fully saturated rings. The SMILES string of the molecule is CCCCN(CCCC)C(=O)c1cc(C)n(-c2ccc(N[SiH2]c3ccccc3F)cc2C(=O)N2Cc3ccccc3CC2O)n1. The number of carbonyl (C=O) groups excluding carboxylic acids is 2. The van der Waals surface area contributed by atoms with Crippen LogP contribution in [0.1, 0.15) is 77.2 Å². The number of hydrogen-bond acceptors (Lipinski definition) is 5. The molecule has 0 spiro atoms. The Kier molecular flexibility index (Phi) is 10.5. The average Bonchev–Trinajstić information content (AvgIpc) is 3.44. The smallest absolute Gasteiger partial charge is 0.274 e. The summed E-state index contributed by atoms with van der Waals surface area (Å²) in [5, 5.41) is 16.4. The summed E-state index contributed by atoms with van der Waals surface area (Å²) in [6, 6.07) is 21.7. The van der Waals surface area contributed by atoms with Crippen molar-refractivity contribution in [3.63, 3.8) is 0 Å². The van der Waals surface area contributed by atoms with E-state index in [9.17, 15) is 19.1 Å². The Labute approximate surface area is 266 Å². The molecule has 4 aromatic rings. The van der Waals surface area contributed by atoms with Crippen molar-refractivity contribution in [3.05, 3.63) is 107 Å². The molecule has 1 atom stereocenters. The molecule has 0 saturated carbocycles. The second-order valence-corrected chi connectivity index (χ2v) is 13.1. The first-order valence-corrected chi connectivity index (χ1v) is 17.3. The molecule has 1 aromatic heterocycles. The third-order valence-corrected chi connectivity index (χ3v) is 9.87. The molecule has 0 radical (unpaired) electrons. The van der Waals surface area contributed by atoms with Crippen LogP contribution in [0.15, 0.2) is 72.8 Å². The number of fused-ring (bicyclic) bond motifs is 1. The van der Waals surface area contributed by atoms with Gasteiger partial charge in [0.2, 0.25) is 0 Å². The summed E-state index contributed by atoms with van der Waals surface area (Å²) >= 11 is 0. The Morgan fingerprint density at radius 2 is 1.69 bits per heavy atom. The summed E-state index contributed by atoms with van der Waals surface area (Å²) in [5.74, 6) is -0.724. The van der Waals surface area contributed by atoms with Gasteiger partial charge in [0.25, 0.3) is 11.8 Å². The summed E-state index contributed by atoms with van der Waals surface area (Å²) < 4.78 is 16.0. The standard InChI is InChI=1S/C35H42FN5O3Si/c1-4-6-18-39(19-7-5-2)35(44)30-20-24(3)41(37-30)31-17-16-27(38-45-32-15-11-10-14-29(32)36)22-28(31)34(43)40-23-26-13-9-8-12-25(26)21-33(40)42/h8-17,20,22,33,38,42H,4-7,18-19,21,23,45H2,1-3H3. The average molecular weight is 628 g/mol. The summed E-state index contributed by atoms with van der Waals surface area (Å²) in [4.78, 5) is 34.6. The van der Waals surface area contributed by atoms with Crippen molar-refractivity contribution in [2.24, 2.45) is 0 Å². The van der Waals surface area contributed by atoms with Gasteiger partial charge in [-0.3, -0.25) is 9.59 Å². The van der Waals surface area contributed by atoms with Crippen molar-refractivity contribution in [3.8, 4) is 5.69 Å². The molecule has 0 bridgehead atoms. The van der Waals surface area contributed by atoms with E-state index in [-0.39, 0.29) is 24.2 Å². The molecule has 0 aliphatic carbocycles. The Hall–Kier alpha value is -4.28. The molecule has 0 saturated heterocycles. The molecule has 1 unspecified atom stereocenters. The fourth-order valence-corrected chi connectivity index (χ4v) is 6.86. The van der Waals surface area contributed by atoms with Crippen LogP contribution >= 0.6 is 0 Å². The highest BCUT2D eigenvalue weighted by Gasteiger charge is 2.31. The van der Waals surface area contributed by atoms with Crippen LogP contribution in [-0.4, -0.2) is 65.5 Å². The number of carbonyl (C=O) groups is 2. The van der Waals surface area contributed by atoms with Gasteiger partial charge in [-0.05, 0) is 66.4 Å². The lowest BCUT2D eigenvalue weighted by Crippen LogP contribution is -2.44. The molecular weight excluding hydrogens is 586 g/mol. The Morgan fingerprint density at radius 1 is 1.00 bits per heavy atom. The van der Waals surface area contributed by atoms with E-state index in [0.717, 1.165) is 36.8 Å². The first-order chi connectivity index (χ1) is 21.8. The molecule has 1 aliphatic heterocycles. The molecule has 1 aliphatic rings. The van der Waals surface area contributed by atoms with Crippen molar-refractivity contribution in [2.75, 3.05) is 18.1 Å².